The lowest BCUT2D eigenvalue weighted by molar-refractivity contribution is 0.0739. The first-order valence-corrected chi connectivity index (χ1v) is 9.80. The molecule has 3 aromatic rings. The molecule has 0 radical (unpaired) electrons. The van der Waals surface area contributed by atoms with E-state index < -0.39 is 0 Å². The van der Waals surface area contributed by atoms with Crippen LogP contribution in [-0.2, 0) is 0 Å². The van der Waals surface area contributed by atoms with Crippen molar-refractivity contribution in [3.8, 4) is 0 Å². The summed E-state index contributed by atoms with van der Waals surface area (Å²) in [5.74, 6) is 0.0178. The second-order valence-corrected chi connectivity index (χ2v) is 7.98. The van der Waals surface area contributed by atoms with Gasteiger partial charge in [0.05, 0.1) is 10.2 Å². The summed E-state index contributed by atoms with van der Waals surface area (Å²) in [4.78, 5) is 21.7. The molecule has 1 saturated heterocycles. The molecule has 1 aliphatic heterocycles. The number of fused-ring (bicyclic) bond motifs is 1. The lowest BCUT2D eigenvalue weighted by Crippen LogP contribution is -2.48. The fourth-order valence-electron chi connectivity index (χ4n) is 3.21. The van der Waals surface area contributed by atoms with Gasteiger partial charge in [0.2, 0.25) is 0 Å². The first-order chi connectivity index (χ1) is 12.5. The maximum Gasteiger partial charge on any atom is 0.274 e. The molecule has 7 heteroatoms. The highest BCUT2D eigenvalue weighted by Crippen LogP contribution is 2.31. The molecule has 4 rings (SSSR count). The van der Waals surface area contributed by atoms with E-state index in [0.717, 1.165) is 23.7 Å². The number of para-hydroxylation sites is 1. The van der Waals surface area contributed by atoms with Crippen molar-refractivity contribution < 1.29 is 4.79 Å². The van der Waals surface area contributed by atoms with E-state index in [9.17, 15) is 4.79 Å². The van der Waals surface area contributed by atoms with E-state index in [4.69, 9.17) is 4.98 Å². The van der Waals surface area contributed by atoms with E-state index >= 15 is 0 Å². The third-order valence-electron chi connectivity index (χ3n) is 4.80. The van der Waals surface area contributed by atoms with Crippen LogP contribution in [0.3, 0.4) is 0 Å². The monoisotopic (exact) mass is 369 g/mol. The number of aromatic nitrogens is 3. The Balaban J connectivity index is 1.44. The number of hydrogen-bond donors (Lipinski definition) is 0. The second-order valence-electron chi connectivity index (χ2n) is 6.97. The lowest BCUT2D eigenvalue weighted by atomic mass is 10.2. The maximum absolute atomic E-state index is 12.7. The predicted octanol–water partition coefficient (Wildman–Crippen LogP) is 3.34. The van der Waals surface area contributed by atoms with Crippen LogP contribution in [-0.4, -0.2) is 51.8 Å². The summed E-state index contributed by atoms with van der Waals surface area (Å²) >= 11 is 1.73. The van der Waals surface area contributed by atoms with Crippen molar-refractivity contribution in [1.82, 2.24) is 19.7 Å². The summed E-state index contributed by atoms with van der Waals surface area (Å²) in [6, 6.07) is 8.36. The van der Waals surface area contributed by atoms with Gasteiger partial charge >= 0.3 is 0 Å². The van der Waals surface area contributed by atoms with E-state index in [-0.39, 0.29) is 11.9 Å². The van der Waals surface area contributed by atoms with E-state index in [1.165, 1.54) is 10.3 Å². The fourth-order valence-corrected chi connectivity index (χ4v) is 4.31. The Bertz CT molecular complexity index is 936. The zero-order chi connectivity index (χ0) is 18.3. The topological polar surface area (TPSA) is 54.3 Å². The van der Waals surface area contributed by atoms with Gasteiger partial charge in [0.25, 0.3) is 5.91 Å². The highest BCUT2D eigenvalue weighted by Gasteiger charge is 2.25. The van der Waals surface area contributed by atoms with Gasteiger partial charge in [-0.1, -0.05) is 23.5 Å². The SMILES string of the molecule is Cc1cccc2sc(N3CCN(C(=O)c4ccn(C(C)C)n4)CC3)nc12. The highest BCUT2D eigenvalue weighted by atomic mass is 32.1. The van der Waals surface area contributed by atoms with Crippen LogP contribution >= 0.6 is 11.3 Å². The average molecular weight is 369 g/mol. The normalized spacial score (nSPS) is 15.2. The van der Waals surface area contributed by atoms with Gasteiger partial charge in [0, 0.05) is 38.4 Å². The fraction of sp³-hybridized carbons (Fsp3) is 0.421. The Morgan fingerprint density at radius 3 is 2.58 bits per heavy atom. The third kappa shape index (κ3) is 3.07. The van der Waals surface area contributed by atoms with E-state index in [1.807, 2.05) is 21.8 Å². The minimum Gasteiger partial charge on any atom is -0.345 e. The Labute approximate surface area is 157 Å². The molecular formula is C19H23N5OS. The summed E-state index contributed by atoms with van der Waals surface area (Å²) in [7, 11) is 0. The molecule has 3 heterocycles. The molecule has 0 bridgehead atoms. The quantitative estimate of drug-likeness (QED) is 0.710. The number of hydrogen-bond acceptors (Lipinski definition) is 5. The zero-order valence-electron chi connectivity index (χ0n) is 15.3. The smallest absolute Gasteiger partial charge is 0.274 e. The number of aryl methyl sites for hydroxylation is 1. The maximum atomic E-state index is 12.7. The number of benzene rings is 1. The van der Waals surface area contributed by atoms with Gasteiger partial charge in [-0.25, -0.2) is 4.98 Å². The van der Waals surface area contributed by atoms with Crippen molar-refractivity contribution in [2.24, 2.45) is 0 Å². The number of anilines is 1. The van der Waals surface area contributed by atoms with Crippen molar-refractivity contribution in [3.63, 3.8) is 0 Å². The minimum atomic E-state index is 0.0178. The van der Waals surface area contributed by atoms with Crippen LogP contribution < -0.4 is 4.90 Å². The summed E-state index contributed by atoms with van der Waals surface area (Å²) in [6.07, 6.45) is 1.87. The van der Waals surface area contributed by atoms with Crippen molar-refractivity contribution in [3.05, 3.63) is 41.7 Å². The molecule has 2 aromatic heterocycles. The molecule has 0 N–H and O–H groups in total. The van der Waals surface area contributed by atoms with Crippen LogP contribution in [0.15, 0.2) is 30.5 Å². The zero-order valence-corrected chi connectivity index (χ0v) is 16.2. The number of thiazole rings is 1. The molecule has 0 aliphatic carbocycles. The molecule has 1 fully saturated rings. The van der Waals surface area contributed by atoms with E-state index in [2.05, 4.69) is 49.0 Å². The Morgan fingerprint density at radius 2 is 1.92 bits per heavy atom. The number of piperazine rings is 1. The number of amides is 1. The Hall–Kier alpha value is -2.41. The van der Waals surface area contributed by atoms with Crippen LogP contribution in [0.5, 0.6) is 0 Å². The number of rotatable bonds is 3. The van der Waals surface area contributed by atoms with Gasteiger partial charge < -0.3 is 9.80 Å². The molecule has 0 spiro atoms. The number of carbonyl (C=O) groups is 1. The Morgan fingerprint density at radius 1 is 1.15 bits per heavy atom. The van der Waals surface area contributed by atoms with Gasteiger partial charge in [-0.3, -0.25) is 9.48 Å². The van der Waals surface area contributed by atoms with Crippen LogP contribution in [0.4, 0.5) is 5.13 Å². The van der Waals surface area contributed by atoms with Gasteiger partial charge in [-0.15, -0.1) is 0 Å². The van der Waals surface area contributed by atoms with Gasteiger partial charge in [-0.05, 0) is 38.5 Å². The van der Waals surface area contributed by atoms with Crippen LogP contribution in [0.2, 0.25) is 0 Å². The highest BCUT2D eigenvalue weighted by molar-refractivity contribution is 7.22. The number of carbonyl (C=O) groups excluding carboxylic acids is 1. The van der Waals surface area contributed by atoms with E-state index in [0.29, 0.717) is 18.8 Å². The van der Waals surface area contributed by atoms with Crippen molar-refractivity contribution >= 4 is 32.6 Å². The second kappa shape index (κ2) is 6.72. The summed E-state index contributed by atoms with van der Waals surface area (Å²) in [5.41, 5.74) is 2.83. The number of nitrogens with zero attached hydrogens (tertiary/aromatic N) is 5. The van der Waals surface area contributed by atoms with E-state index in [1.54, 1.807) is 11.3 Å². The lowest BCUT2D eigenvalue weighted by Gasteiger charge is -2.34. The Kier molecular flexibility index (Phi) is 4.40. The first-order valence-electron chi connectivity index (χ1n) is 8.98. The molecule has 136 valence electrons. The average Bonchev–Trinajstić information content (AvgIpc) is 3.29. The molecule has 0 saturated carbocycles. The minimum absolute atomic E-state index is 0.0178. The molecule has 1 amide bonds. The molecule has 1 aromatic carbocycles. The molecule has 1 aliphatic rings. The summed E-state index contributed by atoms with van der Waals surface area (Å²) < 4.78 is 3.05. The third-order valence-corrected chi connectivity index (χ3v) is 5.88. The predicted molar refractivity (Wildman–Crippen MR) is 105 cm³/mol. The standard InChI is InChI=1S/C19H23N5OS/c1-13(2)24-8-7-15(21-24)18(25)22-9-11-23(12-10-22)19-20-17-14(3)5-4-6-16(17)26-19/h4-8,13H,9-12H2,1-3H3. The summed E-state index contributed by atoms with van der Waals surface area (Å²) in [6.45, 7) is 9.20. The largest absolute Gasteiger partial charge is 0.345 e. The van der Waals surface area contributed by atoms with Gasteiger partial charge in [0.15, 0.2) is 5.13 Å². The summed E-state index contributed by atoms with van der Waals surface area (Å²) in [5, 5.41) is 5.45. The van der Waals surface area contributed by atoms with Crippen LogP contribution in [0.25, 0.3) is 10.2 Å². The van der Waals surface area contributed by atoms with Crippen molar-refractivity contribution in [2.45, 2.75) is 26.8 Å². The van der Waals surface area contributed by atoms with Crippen molar-refractivity contribution in [2.75, 3.05) is 31.1 Å². The first kappa shape index (κ1) is 17.0. The molecule has 0 atom stereocenters. The van der Waals surface area contributed by atoms with Gasteiger partial charge in [-0.2, -0.15) is 5.10 Å². The van der Waals surface area contributed by atoms with Crippen LogP contribution in [0, 0.1) is 6.92 Å². The van der Waals surface area contributed by atoms with Crippen LogP contribution in [0.1, 0.15) is 35.9 Å². The molecule has 0 unspecified atom stereocenters. The molecular weight excluding hydrogens is 346 g/mol. The molecule has 6 nitrogen and oxygen atoms in total. The molecule has 26 heavy (non-hydrogen) atoms. The van der Waals surface area contributed by atoms with Crippen molar-refractivity contribution in [1.29, 1.82) is 0 Å². The van der Waals surface area contributed by atoms with Gasteiger partial charge in [0.1, 0.15) is 5.69 Å².